The van der Waals surface area contributed by atoms with Gasteiger partial charge in [-0.05, 0) is 63.4 Å². The molecular formula is C20H31N3O2. The van der Waals surface area contributed by atoms with Gasteiger partial charge in [0.25, 0.3) is 0 Å². The average molecular weight is 345 g/mol. The second kappa shape index (κ2) is 8.68. The first-order chi connectivity index (χ1) is 12.1. The van der Waals surface area contributed by atoms with Crippen molar-refractivity contribution in [3.8, 4) is 5.75 Å². The van der Waals surface area contributed by atoms with E-state index in [1.807, 2.05) is 38.4 Å². The van der Waals surface area contributed by atoms with Crippen LogP contribution in [0.1, 0.15) is 37.7 Å². The van der Waals surface area contributed by atoms with Crippen LogP contribution in [0.2, 0.25) is 0 Å². The van der Waals surface area contributed by atoms with Crippen LogP contribution in [0.4, 0.5) is 0 Å². The van der Waals surface area contributed by atoms with Crippen molar-refractivity contribution in [2.45, 2.75) is 50.7 Å². The fraction of sp³-hybridized carbons (Fsp3) is 0.650. The summed E-state index contributed by atoms with van der Waals surface area (Å²) in [5.74, 6) is 1.58. The van der Waals surface area contributed by atoms with Crippen molar-refractivity contribution in [1.29, 1.82) is 0 Å². The summed E-state index contributed by atoms with van der Waals surface area (Å²) >= 11 is 0. The summed E-state index contributed by atoms with van der Waals surface area (Å²) in [5.41, 5.74) is 1.08. The lowest BCUT2D eigenvalue weighted by Crippen LogP contribution is -2.39. The Morgan fingerprint density at radius 3 is 2.76 bits per heavy atom. The molecule has 3 rings (SSSR count). The van der Waals surface area contributed by atoms with Gasteiger partial charge in [-0.15, -0.1) is 0 Å². The van der Waals surface area contributed by atoms with E-state index >= 15 is 0 Å². The molecule has 0 aromatic heterocycles. The molecule has 5 heteroatoms. The number of fused-ring (bicyclic) bond motifs is 2. The van der Waals surface area contributed by atoms with Gasteiger partial charge in [0.15, 0.2) is 0 Å². The fourth-order valence-corrected chi connectivity index (χ4v) is 3.97. The molecule has 0 radical (unpaired) electrons. The Morgan fingerprint density at radius 2 is 2.04 bits per heavy atom. The highest BCUT2D eigenvalue weighted by Gasteiger charge is 2.34. The maximum absolute atomic E-state index is 12.3. The predicted molar refractivity (Wildman–Crippen MR) is 99.6 cm³/mol. The number of rotatable bonds is 8. The van der Waals surface area contributed by atoms with E-state index in [2.05, 4.69) is 15.5 Å². The molecule has 2 fully saturated rings. The Kier molecular flexibility index (Phi) is 6.32. The minimum atomic E-state index is 0.172. The molecule has 1 amide bonds. The Hall–Kier alpha value is -1.59. The molecule has 5 nitrogen and oxygen atoms in total. The van der Waals surface area contributed by atoms with Gasteiger partial charge in [-0.25, -0.2) is 0 Å². The van der Waals surface area contributed by atoms with Gasteiger partial charge in [-0.1, -0.05) is 12.1 Å². The van der Waals surface area contributed by atoms with Crippen LogP contribution in [0, 0.1) is 5.92 Å². The molecule has 2 atom stereocenters. The fourth-order valence-electron chi connectivity index (χ4n) is 3.97. The van der Waals surface area contributed by atoms with Crippen LogP contribution in [0.25, 0.3) is 0 Å². The summed E-state index contributed by atoms with van der Waals surface area (Å²) < 4.78 is 5.76. The van der Waals surface area contributed by atoms with E-state index in [1.165, 1.54) is 12.8 Å². The van der Waals surface area contributed by atoms with Crippen LogP contribution in [-0.2, 0) is 11.3 Å². The lowest BCUT2D eigenvalue weighted by Gasteiger charge is -2.28. The van der Waals surface area contributed by atoms with E-state index in [-0.39, 0.29) is 5.91 Å². The molecule has 2 saturated heterocycles. The van der Waals surface area contributed by atoms with Crippen molar-refractivity contribution < 1.29 is 9.53 Å². The van der Waals surface area contributed by atoms with Crippen molar-refractivity contribution in [2.24, 2.45) is 5.92 Å². The van der Waals surface area contributed by atoms with Crippen LogP contribution in [0.3, 0.4) is 0 Å². The molecule has 2 bridgehead atoms. The van der Waals surface area contributed by atoms with Gasteiger partial charge in [0, 0.05) is 31.6 Å². The van der Waals surface area contributed by atoms with Crippen LogP contribution in [-0.4, -0.2) is 50.1 Å². The molecule has 2 unspecified atom stereocenters. The molecule has 138 valence electrons. The van der Waals surface area contributed by atoms with Crippen LogP contribution >= 0.6 is 0 Å². The van der Waals surface area contributed by atoms with Gasteiger partial charge in [-0.2, -0.15) is 0 Å². The normalized spacial score (nSPS) is 25.2. The molecule has 2 N–H and O–H groups in total. The molecule has 2 aliphatic rings. The summed E-state index contributed by atoms with van der Waals surface area (Å²) in [7, 11) is 4.06. The van der Waals surface area contributed by atoms with E-state index < -0.39 is 0 Å². The third-order valence-electron chi connectivity index (χ3n) is 5.24. The molecule has 1 aromatic carbocycles. The zero-order valence-corrected chi connectivity index (χ0v) is 15.5. The Morgan fingerprint density at radius 1 is 1.28 bits per heavy atom. The Balaban J connectivity index is 1.41. The molecule has 0 spiro atoms. The minimum absolute atomic E-state index is 0.172. The van der Waals surface area contributed by atoms with E-state index in [9.17, 15) is 4.79 Å². The van der Waals surface area contributed by atoms with Crippen LogP contribution in [0.15, 0.2) is 24.3 Å². The standard InChI is InChI=1S/C20H31N3O2/c1-23(2)8-9-25-19-5-3-4-15(12-19)14-21-20(24)13-16-10-17-6-7-18(11-16)22-17/h3-5,12,16-18,22H,6-11,13-14H2,1-2H3,(H,21,24). The largest absolute Gasteiger partial charge is 0.492 e. The summed E-state index contributed by atoms with van der Waals surface area (Å²) in [5, 5.41) is 6.71. The van der Waals surface area contributed by atoms with Crippen molar-refractivity contribution in [1.82, 2.24) is 15.5 Å². The SMILES string of the molecule is CN(C)CCOc1cccc(CNC(=O)CC2CC3CCC(C2)N3)c1. The molecule has 2 aliphatic heterocycles. The number of carbonyl (C=O) groups is 1. The van der Waals surface area contributed by atoms with Crippen molar-refractivity contribution in [3.63, 3.8) is 0 Å². The number of piperidine rings is 1. The number of amides is 1. The minimum Gasteiger partial charge on any atom is -0.492 e. The molecule has 25 heavy (non-hydrogen) atoms. The summed E-state index contributed by atoms with van der Waals surface area (Å²) in [6, 6.07) is 9.29. The van der Waals surface area contributed by atoms with Crippen LogP contribution in [0.5, 0.6) is 5.75 Å². The monoisotopic (exact) mass is 345 g/mol. The first-order valence-electron chi connectivity index (χ1n) is 9.47. The number of hydrogen-bond donors (Lipinski definition) is 2. The second-order valence-electron chi connectivity index (χ2n) is 7.76. The number of ether oxygens (including phenoxy) is 1. The highest BCUT2D eigenvalue weighted by Crippen LogP contribution is 2.32. The zero-order chi connectivity index (χ0) is 17.6. The van der Waals surface area contributed by atoms with Crippen LogP contribution < -0.4 is 15.4 Å². The summed E-state index contributed by atoms with van der Waals surface area (Å²) in [4.78, 5) is 14.4. The molecule has 1 aromatic rings. The Labute approximate surface area is 151 Å². The van der Waals surface area contributed by atoms with Crippen molar-refractivity contribution in [3.05, 3.63) is 29.8 Å². The summed E-state index contributed by atoms with van der Waals surface area (Å²) in [6.07, 6.45) is 5.53. The van der Waals surface area contributed by atoms with Gasteiger partial charge in [0.05, 0.1) is 0 Å². The average Bonchev–Trinajstić information content (AvgIpc) is 2.92. The molecular weight excluding hydrogens is 314 g/mol. The number of hydrogen-bond acceptors (Lipinski definition) is 4. The lowest BCUT2D eigenvalue weighted by atomic mass is 9.89. The van der Waals surface area contributed by atoms with Gasteiger partial charge in [-0.3, -0.25) is 4.79 Å². The van der Waals surface area contributed by atoms with E-state index in [1.54, 1.807) is 0 Å². The topological polar surface area (TPSA) is 53.6 Å². The van der Waals surface area contributed by atoms with E-state index in [0.717, 1.165) is 30.7 Å². The molecule has 0 aliphatic carbocycles. The second-order valence-corrected chi connectivity index (χ2v) is 7.76. The quantitative estimate of drug-likeness (QED) is 0.758. The molecule has 2 heterocycles. The number of benzene rings is 1. The smallest absolute Gasteiger partial charge is 0.220 e. The molecule has 0 saturated carbocycles. The van der Waals surface area contributed by atoms with Crippen molar-refractivity contribution in [2.75, 3.05) is 27.2 Å². The third-order valence-corrected chi connectivity index (χ3v) is 5.24. The number of carbonyl (C=O) groups excluding carboxylic acids is 1. The van der Waals surface area contributed by atoms with Crippen molar-refractivity contribution >= 4 is 5.91 Å². The van der Waals surface area contributed by atoms with E-state index in [0.29, 0.717) is 37.6 Å². The van der Waals surface area contributed by atoms with E-state index in [4.69, 9.17) is 4.74 Å². The third kappa shape index (κ3) is 5.72. The number of likely N-dealkylation sites (N-methyl/N-ethyl adjacent to an activating group) is 1. The number of nitrogens with zero attached hydrogens (tertiary/aromatic N) is 1. The zero-order valence-electron chi connectivity index (χ0n) is 15.5. The first-order valence-corrected chi connectivity index (χ1v) is 9.47. The lowest BCUT2D eigenvalue weighted by molar-refractivity contribution is -0.122. The Bertz CT molecular complexity index is 564. The van der Waals surface area contributed by atoms with Gasteiger partial charge < -0.3 is 20.3 Å². The van der Waals surface area contributed by atoms with Gasteiger partial charge >= 0.3 is 0 Å². The first kappa shape index (κ1) is 18.2. The maximum Gasteiger partial charge on any atom is 0.220 e. The highest BCUT2D eigenvalue weighted by molar-refractivity contribution is 5.76. The summed E-state index contributed by atoms with van der Waals surface area (Å²) in [6.45, 7) is 2.13. The maximum atomic E-state index is 12.3. The van der Waals surface area contributed by atoms with Gasteiger partial charge in [0.1, 0.15) is 12.4 Å². The number of nitrogens with one attached hydrogen (secondary N) is 2. The highest BCUT2D eigenvalue weighted by atomic mass is 16.5. The van der Waals surface area contributed by atoms with Gasteiger partial charge in [0.2, 0.25) is 5.91 Å². The predicted octanol–water partition coefficient (Wildman–Crippen LogP) is 2.16.